The van der Waals surface area contributed by atoms with Gasteiger partial charge in [0.25, 0.3) is 0 Å². The van der Waals surface area contributed by atoms with E-state index in [0.29, 0.717) is 5.91 Å². The highest BCUT2D eigenvalue weighted by atomic mass is 32.2. The third-order valence-electron chi connectivity index (χ3n) is 6.20. The molecule has 1 aromatic heterocycles. The number of nitrogens with zero attached hydrogens (tertiary/aromatic N) is 2. The number of thioether (sulfide) groups is 1. The van der Waals surface area contributed by atoms with Crippen LogP contribution in [0.4, 0.5) is 0 Å². The summed E-state index contributed by atoms with van der Waals surface area (Å²) in [7, 11) is 0. The van der Waals surface area contributed by atoms with Gasteiger partial charge in [-0.3, -0.25) is 9.69 Å². The molecule has 0 spiro atoms. The fourth-order valence-corrected chi connectivity index (χ4v) is 5.14. The first-order valence-electron chi connectivity index (χ1n) is 10.8. The molecule has 1 aromatic carbocycles. The monoisotopic (exact) mass is 415 g/mol. The molecule has 0 bridgehead atoms. The first kappa shape index (κ1) is 20.7. The summed E-state index contributed by atoms with van der Waals surface area (Å²) in [5.41, 5.74) is 2.36. The normalized spacial score (nSPS) is 22.5. The van der Waals surface area contributed by atoms with Crippen molar-refractivity contribution in [1.29, 1.82) is 0 Å². The summed E-state index contributed by atoms with van der Waals surface area (Å²) in [4.78, 5) is 21.8. The van der Waals surface area contributed by atoms with Crippen molar-refractivity contribution in [3.05, 3.63) is 36.0 Å². The molecule has 3 heterocycles. The lowest BCUT2D eigenvalue weighted by atomic mass is 10.0. The fraction of sp³-hybridized carbons (Fsp3) is 0.591. The number of rotatable bonds is 6. The minimum Gasteiger partial charge on any atom is -0.361 e. The second-order valence-electron chi connectivity index (χ2n) is 7.98. The minimum atomic E-state index is -0.0202. The smallest absolute Gasteiger partial charge is 0.240 e. The topological polar surface area (TPSA) is 63.4 Å². The van der Waals surface area contributed by atoms with Crippen LogP contribution in [0.5, 0.6) is 0 Å². The van der Waals surface area contributed by atoms with Crippen LogP contribution in [0, 0.1) is 0 Å². The Hall–Kier alpha value is -1.54. The Kier molecular flexibility index (Phi) is 7.13. The summed E-state index contributed by atoms with van der Waals surface area (Å²) in [6.45, 7) is 6.41. The highest BCUT2D eigenvalue weighted by Gasteiger charge is 2.36. The van der Waals surface area contributed by atoms with Crippen LogP contribution in [-0.4, -0.2) is 84.6 Å². The number of hydrogen-bond donors (Lipinski definition) is 3. The van der Waals surface area contributed by atoms with Crippen LogP contribution >= 0.6 is 11.8 Å². The van der Waals surface area contributed by atoms with Gasteiger partial charge < -0.3 is 20.5 Å². The first-order chi connectivity index (χ1) is 14.3. The Morgan fingerprint density at radius 2 is 2.03 bits per heavy atom. The van der Waals surface area contributed by atoms with Crippen LogP contribution in [0.25, 0.3) is 10.9 Å². The van der Waals surface area contributed by atoms with E-state index in [1.807, 2.05) is 11.8 Å². The number of nitrogens with one attached hydrogen (secondary N) is 3. The minimum absolute atomic E-state index is 0.0202. The summed E-state index contributed by atoms with van der Waals surface area (Å²) in [6, 6.07) is 8.45. The molecule has 7 heteroatoms. The molecule has 29 heavy (non-hydrogen) atoms. The fourth-order valence-electron chi connectivity index (χ4n) is 4.68. The molecule has 0 saturated carbocycles. The summed E-state index contributed by atoms with van der Waals surface area (Å²) >= 11 is 1.83. The molecule has 0 radical (unpaired) electrons. The van der Waals surface area contributed by atoms with Crippen molar-refractivity contribution in [2.75, 3.05) is 57.8 Å². The van der Waals surface area contributed by atoms with Gasteiger partial charge in [0.05, 0.1) is 12.1 Å². The molecule has 2 aliphatic rings. The van der Waals surface area contributed by atoms with Gasteiger partial charge in [-0.2, -0.15) is 11.8 Å². The van der Waals surface area contributed by atoms with Crippen molar-refractivity contribution in [2.24, 2.45) is 0 Å². The number of carbonyl (C=O) groups is 1. The van der Waals surface area contributed by atoms with Crippen LogP contribution in [0.3, 0.4) is 0 Å². The molecule has 1 amide bonds. The molecule has 2 saturated heterocycles. The van der Waals surface area contributed by atoms with Crippen molar-refractivity contribution in [1.82, 2.24) is 25.4 Å². The Bertz CT molecular complexity index is 801. The molecule has 2 atom stereocenters. The number of para-hydroxylation sites is 1. The van der Waals surface area contributed by atoms with E-state index >= 15 is 0 Å². The van der Waals surface area contributed by atoms with Gasteiger partial charge in [0.1, 0.15) is 0 Å². The van der Waals surface area contributed by atoms with Crippen LogP contribution in [0.15, 0.2) is 30.5 Å². The lowest BCUT2D eigenvalue weighted by Gasteiger charge is -2.40. The standard InChI is InChI=1S/C22H33N5OS/c1-29-14-7-20(26-11-4-8-23-9-12-26)22(28)27-13-10-24-16-21(27)18-15-25-19-6-3-2-5-17(18)19/h2-3,5-6,15,20-21,23-25H,4,7-14,16H2,1H3/t20-,21?/m1/s1. The number of amides is 1. The number of H-pyrrole nitrogens is 1. The molecular weight excluding hydrogens is 382 g/mol. The van der Waals surface area contributed by atoms with Crippen molar-refractivity contribution in [2.45, 2.75) is 24.9 Å². The average molecular weight is 416 g/mol. The third-order valence-corrected chi connectivity index (χ3v) is 6.85. The quantitative estimate of drug-likeness (QED) is 0.674. The number of aromatic nitrogens is 1. The van der Waals surface area contributed by atoms with E-state index in [9.17, 15) is 4.79 Å². The highest BCUT2D eigenvalue weighted by Crippen LogP contribution is 2.30. The van der Waals surface area contributed by atoms with E-state index in [-0.39, 0.29) is 12.1 Å². The van der Waals surface area contributed by atoms with Crippen molar-refractivity contribution >= 4 is 28.6 Å². The van der Waals surface area contributed by atoms with Gasteiger partial charge in [-0.05, 0) is 37.5 Å². The molecule has 2 aromatic rings. The Morgan fingerprint density at radius 1 is 1.17 bits per heavy atom. The molecule has 158 valence electrons. The Balaban J connectivity index is 1.60. The third kappa shape index (κ3) is 4.63. The lowest BCUT2D eigenvalue weighted by Crippen LogP contribution is -2.56. The summed E-state index contributed by atoms with van der Waals surface area (Å²) < 4.78 is 0. The maximum atomic E-state index is 13.9. The van der Waals surface area contributed by atoms with Gasteiger partial charge in [0.15, 0.2) is 0 Å². The van der Waals surface area contributed by atoms with E-state index in [1.165, 1.54) is 10.9 Å². The van der Waals surface area contributed by atoms with Gasteiger partial charge in [-0.25, -0.2) is 0 Å². The summed E-state index contributed by atoms with van der Waals surface area (Å²) in [5, 5.41) is 8.20. The molecular formula is C22H33N5OS. The van der Waals surface area contributed by atoms with Crippen LogP contribution in [-0.2, 0) is 4.79 Å². The SMILES string of the molecule is CSCC[C@H](C(=O)N1CCNCC1c1c[nH]c2ccccc12)N1CCCNCC1. The van der Waals surface area contributed by atoms with Gasteiger partial charge in [0.2, 0.25) is 5.91 Å². The van der Waals surface area contributed by atoms with Gasteiger partial charge in [0, 0.05) is 61.9 Å². The molecule has 1 unspecified atom stereocenters. The molecule has 0 aliphatic carbocycles. The number of benzene rings is 1. The Labute approximate surface area is 177 Å². The van der Waals surface area contributed by atoms with E-state index in [2.05, 4.69) is 62.1 Å². The second-order valence-corrected chi connectivity index (χ2v) is 8.96. The van der Waals surface area contributed by atoms with E-state index < -0.39 is 0 Å². The molecule has 4 rings (SSSR count). The summed E-state index contributed by atoms with van der Waals surface area (Å²) in [6.07, 6.45) is 6.25. The van der Waals surface area contributed by atoms with Crippen LogP contribution in [0.1, 0.15) is 24.4 Å². The molecule has 2 aliphatic heterocycles. The van der Waals surface area contributed by atoms with Gasteiger partial charge in [-0.1, -0.05) is 18.2 Å². The lowest BCUT2D eigenvalue weighted by molar-refractivity contribution is -0.140. The molecule has 6 nitrogen and oxygen atoms in total. The first-order valence-corrected chi connectivity index (χ1v) is 12.2. The predicted molar refractivity (Wildman–Crippen MR) is 121 cm³/mol. The maximum Gasteiger partial charge on any atom is 0.240 e. The van der Waals surface area contributed by atoms with Crippen molar-refractivity contribution < 1.29 is 4.79 Å². The van der Waals surface area contributed by atoms with Crippen molar-refractivity contribution in [3.63, 3.8) is 0 Å². The van der Waals surface area contributed by atoms with Crippen molar-refractivity contribution in [3.8, 4) is 0 Å². The molecule has 2 fully saturated rings. The van der Waals surface area contributed by atoms with Gasteiger partial charge >= 0.3 is 0 Å². The Morgan fingerprint density at radius 3 is 2.93 bits per heavy atom. The molecule has 3 N–H and O–H groups in total. The zero-order valence-corrected chi connectivity index (χ0v) is 18.1. The number of fused-ring (bicyclic) bond motifs is 1. The van der Waals surface area contributed by atoms with Crippen LogP contribution in [0.2, 0.25) is 0 Å². The zero-order valence-electron chi connectivity index (χ0n) is 17.3. The number of carbonyl (C=O) groups excluding carboxylic acids is 1. The van der Waals surface area contributed by atoms with E-state index in [1.54, 1.807) is 0 Å². The number of aromatic amines is 1. The van der Waals surface area contributed by atoms with E-state index in [0.717, 1.165) is 69.9 Å². The number of hydrogen-bond acceptors (Lipinski definition) is 5. The largest absolute Gasteiger partial charge is 0.361 e. The highest BCUT2D eigenvalue weighted by molar-refractivity contribution is 7.98. The van der Waals surface area contributed by atoms with Crippen LogP contribution < -0.4 is 10.6 Å². The van der Waals surface area contributed by atoms with E-state index in [4.69, 9.17) is 0 Å². The second kappa shape index (κ2) is 9.98. The summed E-state index contributed by atoms with van der Waals surface area (Å²) in [5.74, 6) is 1.32. The predicted octanol–water partition coefficient (Wildman–Crippen LogP) is 2.06. The number of piperazine rings is 1. The zero-order chi connectivity index (χ0) is 20.1. The average Bonchev–Trinajstić information content (AvgIpc) is 3.01. The van der Waals surface area contributed by atoms with Gasteiger partial charge in [-0.15, -0.1) is 0 Å². The maximum absolute atomic E-state index is 13.9.